The lowest BCUT2D eigenvalue weighted by atomic mass is 9.87. The van der Waals surface area contributed by atoms with E-state index in [9.17, 15) is 4.39 Å². The highest BCUT2D eigenvalue weighted by Gasteiger charge is 2.28. The molecule has 0 aromatic heterocycles. The average Bonchev–Trinajstić information content (AvgIpc) is 2.45. The zero-order valence-electron chi connectivity index (χ0n) is 13.0. The zero-order chi connectivity index (χ0) is 14.5. The van der Waals surface area contributed by atoms with E-state index in [2.05, 4.69) is 30.1 Å². The van der Waals surface area contributed by atoms with Gasteiger partial charge in [0.05, 0.1) is 0 Å². The predicted octanol–water partition coefficient (Wildman–Crippen LogP) is 3.52. The second kappa shape index (κ2) is 7.19. The normalized spacial score (nSPS) is 19.8. The van der Waals surface area contributed by atoms with Crippen molar-refractivity contribution in [3.05, 3.63) is 35.1 Å². The number of hydrogen-bond donors (Lipinski definition) is 1. The Labute approximate surface area is 122 Å². The zero-order valence-corrected chi connectivity index (χ0v) is 13.0. The lowest BCUT2D eigenvalue weighted by Gasteiger charge is -2.39. The van der Waals surface area contributed by atoms with E-state index >= 15 is 0 Å². The summed E-state index contributed by atoms with van der Waals surface area (Å²) in [6.45, 7) is 10.6. The Hall–Kier alpha value is -0.930. The minimum absolute atomic E-state index is 0.0775. The molecule has 1 aliphatic rings. The molecule has 0 aliphatic carbocycles. The fourth-order valence-electron chi connectivity index (χ4n) is 3.38. The van der Waals surface area contributed by atoms with Crippen LogP contribution in [0.3, 0.4) is 0 Å². The first kappa shape index (κ1) is 15.5. The van der Waals surface area contributed by atoms with E-state index in [-0.39, 0.29) is 5.82 Å². The molecular formula is C17H27FN2. The Bertz CT molecular complexity index is 427. The van der Waals surface area contributed by atoms with Crippen molar-refractivity contribution in [1.82, 2.24) is 10.2 Å². The average molecular weight is 278 g/mol. The molecule has 1 N–H and O–H groups in total. The molecule has 1 aromatic carbocycles. The molecule has 112 valence electrons. The van der Waals surface area contributed by atoms with Gasteiger partial charge >= 0.3 is 0 Å². The molecule has 0 radical (unpaired) electrons. The van der Waals surface area contributed by atoms with Crippen LogP contribution in [-0.2, 0) is 0 Å². The summed E-state index contributed by atoms with van der Waals surface area (Å²) < 4.78 is 13.9. The third-order valence-corrected chi connectivity index (χ3v) is 4.46. The lowest BCUT2D eigenvalue weighted by molar-refractivity contribution is 0.125. The Morgan fingerprint density at radius 2 is 2.00 bits per heavy atom. The van der Waals surface area contributed by atoms with Crippen LogP contribution in [0.25, 0.3) is 0 Å². The molecule has 1 fully saturated rings. The first-order valence-electron chi connectivity index (χ1n) is 7.85. The Kier molecular flexibility index (Phi) is 5.55. The molecule has 1 saturated heterocycles. The topological polar surface area (TPSA) is 15.3 Å². The van der Waals surface area contributed by atoms with Crippen molar-refractivity contribution >= 4 is 0 Å². The van der Waals surface area contributed by atoms with Crippen LogP contribution in [0.2, 0.25) is 0 Å². The molecule has 20 heavy (non-hydrogen) atoms. The summed E-state index contributed by atoms with van der Waals surface area (Å²) in [5.74, 6) is 0.477. The molecule has 0 amide bonds. The second-order valence-corrected chi connectivity index (χ2v) is 5.95. The van der Waals surface area contributed by atoms with Crippen molar-refractivity contribution in [2.24, 2.45) is 5.92 Å². The number of piperazine rings is 1. The van der Waals surface area contributed by atoms with Gasteiger partial charge in [-0.3, -0.25) is 4.90 Å². The van der Waals surface area contributed by atoms with Crippen LogP contribution < -0.4 is 5.32 Å². The molecule has 0 saturated carbocycles. The number of nitrogens with one attached hydrogen (secondary N) is 1. The fourth-order valence-corrected chi connectivity index (χ4v) is 3.38. The molecule has 1 aliphatic heterocycles. The van der Waals surface area contributed by atoms with Crippen LogP contribution in [-0.4, -0.2) is 31.1 Å². The van der Waals surface area contributed by atoms with Crippen LogP contribution >= 0.6 is 0 Å². The van der Waals surface area contributed by atoms with Gasteiger partial charge in [-0.15, -0.1) is 0 Å². The maximum atomic E-state index is 13.9. The largest absolute Gasteiger partial charge is 0.314 e. The fraction of sp³-hybridized carbons (Fsp3) is 0.647. The lowest BCUT2D eigenvalue weighted by Crippen LogP contribution is -2.46. The Balaban J connectivity index is 2.31. The van der Waals surface area contributed by atoms with Crippen LogP contribution in [0.1, 0.15) is 43.9 Å². The SMILES string of the molecule is CCCC(C)[C@@H](c1cccc(F)c1C)N1CCNCC1. The molecule has 0 bridgehead atoms. The molecule has 2 nitrogen and oxygen atoms in total. The number of halogens is 1. The quantitative estimate of drug-likeness (QED) is 0.886. The number of nitrogens with zero attached hydrogens (tertiary/aromatic N) is 1. The van der Waals surface area contributed by atoms with Crippen LogP contribution in [0, 0.1) is 18.7 Å². The maximum absolute atomic E-state index is 13.9. The Morgan fingerprint density at radius 1 is 1.30 bits per heavy atom. The van der Waals surface area contributed by atoms with Gasteiger partial charge in [0, 0.05) is 32.2 Å². The van der Waals surface area contributed by atoms with Gasteiger partial charge in [0.25, 0.3) is 0 Å². The van der Waals surface area contributed by atoms with E-state index in [0.717, 1.165) is 31.7 Å². The number of rotatable bonds is 5. The second-order valence-electron chi connectivity index (χ2n) is 5.95. The molecule has 2 rings (SSSR count). The summed E-state index contributed by atoms with van der Waals surface area (Å²) in [4.78, 5) is 2.53. The van der Waals surface area contributed by atoms with Gasteiger partial charge < -0.3 is 5.32 Å². The van der Waals surface area contributed by atoms with E-state index in [1.54, 1.807) is 6.07 Å². The summed E-state index contributed by atoms with van der Waals surface area (Å²) in [7, 11) is 0. The predicted molar refractivity (Wildman–Crippen MR) is 82.4 cm³/mol. The van der Waals surface area contributed by atoms with Gasteiger partial charge in [0.2, 0.25) is 0 Å². The van der Waals surface area contributed by atoms with Gasteiger partial charge in [-0.1, -0.05) is 32.4 Å². The molecule has 1 aromatic rings. The monoisotopic (exact) mass is 278 g/mol. The van der Waals surface area contributed by atoms with E-state index in [4.69, 9.17) is 0 Å². The standard InChI is InChI=1S/C17H27FN2/c1-4-6-13(2)17(20-11-9-19-10-12-20)15-7-5-8-16(18)14(15)3/h5,7-8,13,17,19H,4,6,9-12H2,1-3H3/t13?,17-/m0/s1. The maximum Gasteiger partial charge on any atom is 0.126 e. The summed E-state index contributed by atoms with van der Waals surface area (Å²) in [6.07, 6.45) is 2.36. The van der Waals surface area contributed by atoms with Crippen molar-refractivity contribution in [2.75, 3.05) is 26.2 Å². The van der Waals surface area contributed by atoms with Gasteiger partial charge in [-0.05, 0) is 36.5 Å². The highest BCUT2D eigenvalue weighted by Crippen LogP contribution is 2.34. The molecule has 0 spiro atoms. The first-order chi connectivity index (χ1) is 9.65. The molecule has 1 unspecified atom stereocenters. The van der Waals surface area contributed by atoms with E-state index < -0.39 is 0 Å². The van der Waals surface area contributed by atoms with E-state index in [1.807, 2.05) is 13.0 Å². The highest BCUT2D eigenvalue weighted by atomic mass is 19.1. The van der Waals surface area contributed by atoms with Gasteiger partial charge in [0.1, 0.15) is 5.82 Å². The van der Waals surface area contributed by atoms with Crippen molar-refractivity contribution in [3.8, 4) is 0 Å². The smallest absolute Gasteiger partial charge is 0.126 e. The molecule has 2 atom stereocenters. The summed E-state index contributed by atoms with van der Waals surface area (Å²) in [5, 5.41) is 3.40. The van der Waals surface area contributed by atoms with E-state index in [1.165, 1.54) is 18.4 Å². The highest BCUT2D eigenvalue weighted by molar-refractivity contribution is 5.31. The van der Waals surface area contributed by atoms with E-state index in [0.29, 0.717) is 12.0 Å². The molecule has 1 heterocycles. The molecular weight excluding hydrogens is 251 g/mol. The molecule has 3 heteroatoms. The number of benzene rings is 1. The minimum Gasteiger partial charge on any atom is -0.314 e. The first-order valence-corrected chi connectivity index (χ1v) is 7.85. The minimum atomic E-state index is -0.0775. The van der Waals surface area contributed by atoms with Crippen molar-refractivity contribution in [2.45, 2.75) is 39.7 Å². The number of hydrogen-bond acceptors (Lipinski definition) is 2. The van der Waals surface area contributed by atoms with Gasteiger partial charge in [-0.25, -0.2) is 4.39 Å². The Morgan fingerprint density at radius 3 is 2.65 bits per heavy atom. The van der Waals surface area contributed by atoms with Gasteiger partial charge in [-0.2, -0.15) is 0 Å². The third kappa shape index (κ3) is 3.39. The third-order valence-electron chi connectivity index (χ3n) is 4.46. The van der Waals surface area contributed by atoms with Crippen LogP contribution in [0.5, 0.6) is 0 Å². The summed E-state index contributed by atoms with van der Waals surface area (Å²) in [6, 6.07) is 5.87. The van der Waals surface area contributed by atoms with Crippen molar-refractivity contribution in [3.63, 3.8) is 0 Å². The summed E-state index contributed by atoms with van der Waals surface area (Å²) in [5.41, 5.74) is 1.99. The van der Waals surface area contributed by atoms with Crippen LogP contribution in [0.4, 0.5) is 4.39 Å². The summed E-state index contributed by atoms with van der Waals surface area (Å²) >= 11 is 0. The van der Waals surface area contributed by atoms with Gasteiger partial charge in [0.15, 0.2) is 0 Å². The van der Waals surface area contributed by atoms with Crippen molar-refractivity contribution < 1.29 is 4.39 Å². The van der Waals surface area contributed by atoms with Crippen molar-refractivity contribution in [1.29, 1.82) is 0 Å². The van der Waals surface area contributed by atoms with Crippen LogP contribution in [0.15, 0.2) is 18.2 Å².